The maximum Gasteiger partial charge on any atom is 0.262 e. The average molecular weight is 285 g/mol. The molecule has 1 unspecified atom stereocenters. The molecule has 1 rings (SSSR count). The van der Waals surface area contributed by atoms with Crippen LogP contribution in [-0.2, 0) is 11.3 Å². The Hall–Kier alpha value is -1.26. The molecule has 1 atom stereocenters. The molecule has 0 saturated carbocycles. The number of amides is 1. The second-order valence-electron chi connectivity index (χ2n) is 4.54. The molecule has 0 radical (unpaired) electrons. The van der Waals surface area contributed by atoms with Crippen LogP contribution in [0.5, 0.6) is 5.75 Å². The first kappa shape index (κ1) is 15.8. The number of rotatable bonds is 6. The van der Waals surface area contributed by atoms with Gasteiger partial charge in [0, 0.05) is 20.6 Å². The Bertz CT molecular complexity index is 435. The number of likely N-dealkylation sites (N-methyl/N-ethyl adjacent to an activating group) is 1. The quantitative estimate of drug-likeness (QED) is 0.872. The molecular weight excluding hydrogens is 264 g/mol. The molecule has 1 aromatic rings. The Morgan fingerprint density at radius 2 is 2.16 bits per heavy atom. The molecule has 0 heterocycles. The number of carbonyl (C=O) groups excluding carboxylic acids is 1. The molecule has 1 amide bonds. The smallest absolute Gasteiger partial charge is 0.262 e. The Morgan fingerprint density at radius 3 is 2.68 bits per heavy atom. The van der Waals surface area contributed by atoms with Gasteiger partial charge < -0.3 is 15.0 Å². The first-order valence-corrected chi connectivity index (χ1v) is 6.70. The van der Waals surface area contributed by atoms with Crippen molar-refractivity contribution in [2.45, 2.75) is 26.5 Å². The van der Waals surface area contributed by atoms with Gasteiger partial charge in [-0.2, -0.15) is 0 Å². The van der Waals surface area contributed by atoms with Crippen LogP contribution in [0.25, 0.3) is 0 Å². The molecule has 0 spiro atoms. The summed E-state index contributed by atoms with van der Waals surface area (Å²) in [7, 11) is 3.40. The lowest BCUT2D eigenvalue weighted by molar-refractivity contribution is -0.135. The predicted octanol–water partition coefficient (Wildman–Crippen LogP) is 2.31. The van der Waals surface area contributed by atoms with E-state index < -0.39 is 6.10 Å². The number of nitrogens with one attached hydrogen (secondary N) is 1. The van der Waals surface area contributed by atoms with Crippen LogP contribution in [0.2, 0.25) is 5.02 Å². The lowest BCUT2D eigenvalue weighted by Crippen LogP contribution is -2.35. The van der Waals surface area contributed by atoms with Crippen LogP contribution in [0.15, 0.2) is 18.2 Å². The van der Waals surface area contributed by atoms with E-state index in [1.54, 1.807) is 27.1 Å². The fourth-order valence-electron chi connectivity index (χ4n) is 1.62. The van der Waals surface area contributed by atoms with Gasteiger partial charge in [-0.05, 0) is 31.2 Å². The first-order valence-electron chi connectivity index (χ1n) is 6.32. The Kier molecular flexibility index (Phi) is 6.12. The zero-order valence-electron chi connectivity index (χ0n) is 11.9. The molecule has 0 fully saturated rings. The number of halogens is 1. The van der Waals surface area contributed by atoms with E-state index in [0.717, 1.165) is 18.7 Å². The summed E-state index contributed by atoms with van der Waals surface area (Å²) in [5.41, 5.74) is 1.09. The van der Waals surface area contributed by atoms with Crippen LogP contribution < -0.4 is 10.1 Å². The van der Waals surface area contributed by atoms with Gasteiger partial charge in [0.15, 0.2) is 6.10 Å². The fraction of sp³-hybridized carbons (Fsp3) is 0.500. The molecule has 0 aliphatic carbocycles. The summed E-state index contributed by atoms with van der Waals surface area (Å²) in [6, 6.07) is 5.59. The topological polar surface area (TPSA) is 41.6 Å². The third-order valence-electron chi connectivity index (χ3n) is 2.67. The van der Waals surface area contributed by atoms with Gasteiger partial charge in [0.2, 0.25) is 0 Å². The van der Waals surface area contributed by atoms with E-state index in [9.17, 15) is 4.79 Å². The normalized spacial score (nSPS) is 12.1. The summed E-state index contributed by atoms with van der Waals surface area (Å²) < 4.78 is 5.58. The van der Waals surface area contributed by atoms with Crippen molar-refractivity contribution in [2.24, 2.45) is 0 Å². The number of hydrogen-bond donors (Lipinski definition) is 1. The zero-order valence-corrected chi connectivity index (χ0v) is 12.6. The van der Waals surface area contributed by atoms with E-state index in [0.29, 0.717) is 10.8 Å². The third kappa shape index (κ3) is 4.73. The third-order valence-corrected chi connectivity index (χ3v) is 2.96. The van der Waals surface area contributed by atoms with Gasteiger partial charge in [-0.15, -0.1) is 0 Å². The second-order valence-corrected chi connectivity index (χ2v) is 4.95. The van der Waals surface area contributed by atoms with Gasteiger partial charge in [-0.25, -0.2) is 0 Å². The Balaban J connectivity index is 2.72. The SMILES string of the molecule is CCNCc1ccc(OC(C)C(=O)N(C)C)c(Cl)c1. The van der Waals surface area contributed by atoms with Crippen LogP contribution in [0, 0.1) is 0 Å². The van der Waals surface area contributed by atoms with Crippen molar-refractivity contribution in [1.29, 1.82) is 0 Å². The monoisotopic (exact) mass is 284 g/mol. The number of nitrogens with zero attached hydrogens (tertiary/aromatic N) is 1. The van der Waals surface area contributed by atoms with Crippen molar-refractivity contribution in [3.8, 4) is 5.75 Å². The van der Waals surface area contributed by atoms with E-state index in [-0.39, 0.29) is 5.91 Å². The van der Waals surface area contributed by atoms with Crippen molar-refractivity contribution in [2.75, 3.05) is 20.6 Å². The Labute approximate surface area is 119 Å². The highest BCUT2D eigenvalue weighted by Gasteiger charge is 2.17. The summed E-state index contributed by atoms with van der Waals surface area (Å²) in [5.74, 6) is 0.442. The zero-order chi connectivity index (χ0) is 14.4. The molecule has 106 valence electrons. The van der Waals surface area contributed by atoms with Gasteiger partial charge in [0.25, 0.3) is 5.91 Å². The number of carbonyl (C=O) groups is 1. The Morgan fingerprint density at radius 1 is 1.47 bits per heavy atom. The number of ether oxygens (including phenoxy) is 1. The molecule has 19 heavy (non-hydrogen) atoms. The van der Waals surface area contributed by atoms with Gasteiger partial charge in [-0.1, -0.05) is 24.6 Å². The minimum atomic E-state index is -0.549. The molecule has 1 aromatic carbocycles. The lowest BCUT2D eigenvalue weighted by atomic mass is 10.2. The molecule has 4 nitrogen and oxygen atoms in total. The summed E-state index contributed by atoms with van der Waals surface area (Å²) in [5, 5.41) is 3.75. The molecule has 0 bridgehead atoms. The van der Waals surface area contributed by atoms with Crippen molar-refractivity contribution in [3.05, 3.63) is 28.8 Å². The van der Waals surface area contributed by atoms with Crippen molar-refractivity contribution in [3.63, 3.8) is 0 Å². The van der Waals surface area contributed by atoms with Crippen LogP contribution in [-0.4, -0.2) is 37.6 Å². The van der Waals surface area contributed by atoms with Gasteiger partial charge in [0.1, 0.15) is 5.75 Å². The highest BCUT2D eigenvalue weighted by atomic mass is 35.5. The number of hydrogen-bond acceptors (Lipinski definition) is 3. The first-order chi connectivity index (χ1) is 8.95. The van der Waals surface area contributed by atoms with Crippen LogP contribution in [0.1, 0.15) is 19.4 Å². The largest absolute Gasteiger partial charge is 0.479 e. The fourth-order valence-corrected chi connectivity index (χ4v) is 1.87. The molecule has 0 aromatic heterocycles. The summed E-state index contributed by atoms with van der Waals surface area (Å²) in [6.07, 6.45) is -0.549. The van der Waals surface area contributed by atoms with E-state index >= 15 is 0 Å². The molecule has 0 saturated heterocycles. The van der Waals surface area contributed by atoms with Crippen LogP contribution >= 0.6 is 11.6 Å². The van der Waals surface area contributed by atoms with E-state index in [1.807, 2.05) is 19.1 Å². The van der Waals surface area contributed by atoms with Crippen molar-refractivity contribution in [1.82, 2.24) is 10.2 Å². The molecular formula is C14H21ClN2O2. The molecule has 0 aliphatic heterocycles. The van der Waals surface area contributed by atoms with Crippen molar-refractivity contribution >= 4 is 17.5 Å². The minimum Gasteiger partial charge on any atom is -0.479 e. The molecule has 5 heteroatoms. The highest BCUT2D eigenvalue weighted by molar-refractivity contribution is 6.32. The predicted molar refractivity (Wildman–Crippen MR) is 77.6 cm³/mol. The van der Waals surface area contributed by atoms with E-state index in [4.69, 9.17) is 16.3 Å². The van der Waals surface area contributed by atoms with Gasteiger partial charge in [0.05, 0.1) is 5.02 Å². The minimum absolute atomic E-state index is 0.0900. The van der Waals surface area contributed by atoms with Gasteiger partial charge >= 0.3 is 0 Å². The summed E-state index contributed by atoms with van der Waals surface area (Å²) in [6.45, 7) is 5.44. The standard InChI is InChI=1S/C14H21ClN2O2/c1-5-16-9-11-6-7-13(12(15)8-11)19-10(2)14(18)17(3)4/h6-8,10,16H,5,9H2,1-4H3. The van der Waals surface area contributed by atoms with E-state index in [1.165, 1.54) is 4.90 Å². The second kappa shape index (κ2) is 7.36. The highest BCUT2D eigenvalue weighted by Crippen LogP contribution is 2.26. The van der Waals surface area contributed by atoms with Crippen LogP contribution in [0.4, 0.5) is 0 Å². The average Bonchev–Trinajstić information content (AvgIpc) is 2.37. The maximum absolute atomic E-state index is 11.7. The van der Waals surface area contributed by atoms with Gasteiger partial charge in [-0.3, -0.25) is 4.79 Å². The van der Waals surface area contributed by atoms with E-state index in [2.05, 4.69) is 5.32 Å². The maximum atomic E-state index is 11.7. The lowest BCUT2D eigenvalue weighted by Gasteiger charge is -2.19. The number of benzene rings is 1. The molecule has 1 N–H and O–H groups in total. The summed E-state index contributed by atoms with van der Waals surface area (Å²) in [4.78, 5) is 13.2. The summed E-state index contributed by atoms with van der Waals surface area (Å²) >= 11 is 6.16. The van der Waals surface area contributed by atoms with Crippen LogP contribution in [0.3, 0.4) is 0 Å². The molecule has 0 aliphatic rings. The van der Waals surface area contributed by atoms with Crippen molar-refractivity contribution < 1.29 is 9.53 Å².